The minimum atomic E-state index is -0.711. The monoisotopic (exact) mass is 512 g/mol. The summed E-state index contributed by atoms with van der Waals surface area (Å²) in [5.41, 5.74) is 3.60. The van der Waals surface area contributed by atoms with Crippen LogP contribution in [0.2, 0.25) is 10.0 Å². The number of H-pyrrole nitrogens is 1. The molecule has 0 saturated heterocycles. The van der Waals surface area contributed by atoms with Crippen LogP contribution in [0.5, 0.6) is 5.75 Å². The van der Waals surface area contributed by atoms with Crippen molar-refractivity contribution in [2.24, 2.45) is 0 Å². The van der Waals surface area contributed by atoms with Crippen LogP contribution < -0.4 is 21.3 Å². The van der Waals surface area contributed by atoms with Crippen molar-refractivity contribution in [2.45, 2.75) is 27.2 Å². The topological polar surface area (TPSA) is 89.0 Å². The molecule has 0 aliphatic rings. The molecule has 0 unspecified atom stereocenters. The van der Waals surface area contributed by atoms with Crippen LogP contribution >= 0.6 is 23.2 Å². The van der Waals surface area contributed by atoms with E-state index in [0.717, 1.165) is 45.3 Å². The highest BCUT2D eigenvalue weighted by molar-refractivity contribution is 6.37. The summed E-state index contributed by atoms with van der Waals surface area (Å²) in [6, 6.07) is 11.1. The van der Waals surface area contributed by atoms with Crippen LogP contribution in [0.3, 0.4) is 0 Å². The number of aryl methyl sites for hydroxylation is 1. The molecule has 0 fully saturated rings. The first-order valence-corrected chi connectivity index (χ1v) is 11.6. The third-order valence-electron chi connectivity index (χ3n) is 5.33. The summed E-state index contributed by atoms with van der Waals surface area (Å²) in [6.07, 6.45) is 3.62. The molecule has 0 aliphatic carbocycles. The number of benzene rings is 2. The molecule has 3 rings (SSSR count). The van der Waals surface area contributed by atoms with Crippen molar-refractivity contribution in [1.82, 2.24) is 20.1 Å². The predicted molar refractivity (Wildman–Crippen MR) is 141 cm³/mol. The van der Waals surface area contributed by atoms with Gasteiger partial charge in [0.05, 0.1) is 15.7 Å². The van der Waals surface area contributed by atoms with Crippen LogP contribution in [0.4, 0.5) is 0 Å². The van der Waals surface area contributed by atoms with Gasteiger partial charge in [0, 0.05) is 18.3 Å². The lowest BCUT2D eigenvalue weighted by molar-refractivity contribution is 0.436. The standard InChI is InChI=1S/C26H26Cl2N4O3/c1-6-16(3)23(13-20(17(4)29-5)18-9-7-8-15(2)10-18)35-25-21(27)11-19(12-22(25)28)32-26(34)31-24(33)14-30-32/h7-14,29H,4,6H2,1-3,5H3,(H,31,33,34)/b20-13+,23-16-. The second-order valence-corrected chi connectivity index (χ2v) is 8.66. The summed E-state index contributed by atoms with van der Waals surface area (Å²) in [5.74, 6) is 0.795. The average molecular weight is 513 g/mol. The van der Waals surface area contributed by atoms with Crippen molar-refractivity contribution in [1.29, 1.82) is 0 Å². The zero-order chi connectivity index (χ0) is 25.7. The van der Waals surface area contributed by atoms with Gasteiger partial charge in [-0.05, 0) is 49.6 Å². The van der Waals surface area contributed by atoms with Crippen LogP contribution in [0.1, 0.15) is 31.4 Å². The summed E-state index contributed by atoms with van der Waals surface area (Å²) in [6.45, 7) is 10.2. The van der Waals surface area contributed by atoms with Crippen LogP contribution in [0, 0.1) is 6.92 Å². The zero-order valence-corrected chi connectivity index (χ0v) is 21.4. The number of halogens is 2. The molecular weight excluding hydrogens is 487 g/mol. The fraction of sp³-hybridized carbons (Fsp3) is 0.192. The van der Waals surface area contributed by atoms with E-state index in [4.69, 9.17) is 27.9 Å². The van der Waals surface area contributed by atoms with Gasteiger partial charge in [0.2, 0.25) is 0 Å². The van der Waals surface area contributed by atoms with Crippen molar-refractivity contribution in [3.63, 3.8) is 0 Å². The largest absolute Gasteiger partial charge is 0.454 e. The summed E-state index contributed by atoms with van der Waals surface area (Å²) in [7, 11) is 1.81. The number of aromatic nitrogens is 3. The zero-order valence-electron chi connectivity index (χ0n) is 19.9. The van der Waals surface area contributed by atoms with Gasteiger partial charge in [-0.15, -0.1) is 0 Å². The molecule has 7 nitrogen and oxygen atoms in total. The average Bonchev–Trinajstić information content (AvgIpc) is 2.82. The molecule has 2 aromatic carbocycles. The molecule has 35 heavy (non-hydrogen) atoms. The Balaban J connectivity index is 2.10. The van der Waals surface area contributed by atoms with Crippen LogP contribution in [0.25, 0.3) is 11.3 Å². The van der Waals surface area contributed by atoms with E-state index >= 15 is 0 Å². The Labute approximate surface area is 213 Å². The first kappa shape index (κ1) is 26.1. The number of nitrogens with one attached hydrogen (secondary N) is 2. The van der Waals surface area contributed by atoms with Crippen LogP contribution in [-0.4, -0.2) is 21.8 Å². The molecule has 0 amide bonds. The van der Waals surface area contributed by atoms with Gasteiger partial charge in [0.15, 0.2) is 5.75 Å². The van der Waals surface area contributed by atoms with E-state index in [2.05, 4.69) is 28.0 Å². The van der Waals surface area contributed by atoms with E-state index in [1.54, 1.807) is 0 Å². The van der Waals surface area contributed by atoms with Crippen LogP contribution in [0.15, 0.2) is 81.9 Å². The molecule has 0 bridgehead atoms. The van der Waals surface area contributed by atoms with E-state index in [0.29, 0.717) is 5.76 Å². The molecule has 0 spiro atoms. The summed E-state index contributed by atoms with van der Waals surface area (Å²) in [4.78, 5) is 25.6. The van der Waals surface area contributed by atoms with Gasteiger partial charge in [-0.3, -0.25) is 9.78 Å². The second kappa shape index (κ2) is 11.3. The Morgan fingerprint density at radius 1 is 1.23 bits per heavy atom. The highest BCUT2D eigenvalue weighted by Gasteiger charge is 2.16. The van der Waals surface area contributed by atoms with Crippen molar-refractivity contribution in [3.05, 3.63) is 114 Å². The maximum absolute atomic E-state index is 12.1. The molecule has 2 N–H and O–H groups in total. The summed E-state index contributed by atoms with van der Waals surface area (Å²) in [5, 5.41) is 7.29. The highest BCUT2D eigenvalue weighted by atomic mass is 35.5. The Bertz CT molecular complexity index is 1430. The number of rotatable bonds is 8. The normalized spacial score (nSPS) is 12.2. The Kier molecular flexibility index (Phi) is 8.38. The van der Waals surface area contributed by atoms with Gasteiger partial charge < -0.3 is 10.1 Å². The number of likely N-dealkylation sites (N-methyl/N-ethyl adjacent to an activating group) is 1. The third kappa shape index (κ3) is 6.12. The highest BCUT2D eigenvalue weighted by Crippen LogP contribution is 2.37. The van der Waals surface area contributed by atoms with Gasteiger partial charge in [-0.2, -0.15) is 9.78 Å². The lowest BCUT2D eigenvalue weighted by atomic mass is 9.99. The van der Waals surface area contributed by atoms with Crippen molar-refractivity contribution < 1.29 is 4.74 Å². The number of aromatic amines is 1. The summed E-state index contributed by atoms with van der Waals surface area (Å²) < 4.78 is 7.24. The Morgan fingerprint density at radius 2 is 1.91 bits per heavy atom. The lowest BCUT2D eigenvalue weighted by Gasteiger charge is -2.17. The van der Waals surface area contributed by atoms with Crippen molar-refractivity contribution in [2.75, 3.05) is 7.05 Å². The van der Waals surface area contributed by atoms with Gasteiger partial charge in [0.1, 0.15) is 12.0 Å². The van der Waals surface area contributed by atoms with Gasteiger partial charge >= 0.3 is 5.69 Å². The molecule has 0 atom stereocenters. The van der Waals surface area contributed by atoms with E-state index in [-0.39, 0.29) is 21.5 Å². The SMILES string of the molecule is C=C(NC)/C(=C\C(Oc1c(Cl)cc(-n2ncc(=O)[nH]c2=O)cc1Cl)=C(/C)CC)c1cccc(C)c1. The molecule has 0 saturated carbocycles. The quantitative estimate of drug-likeness (QED) is 0.311. The van der Waals surface area contributed by atoms with E-state index in [1.807, 2.05) is 52.1 Å². The lowest BCUT2D eigenvalue weighted by Crippen LogP contribution is -2.30. The molecule has 1 heterocycles. The summed E-state index contributed by atoms with van der Waals surface area (Å²) >= 11 is 13.1. The number of hydrogen-bond donors (Lipinski definition) is 2. The van der Waals surface area contributed by atoms with Crippen molar-refractivity contribution >= 4 is 28.8 Å². The fourth-order valence-corrected chi connectivity index (χ4v) is 3.80. The smallest absolute Gasteiger partial charge is 0.349 e. The van der Waals surface area contributed by atoms with Crippen LogP contribution in [-0.2, 0) is 0 Å². The molecule has 9 heteroatoms. The van der Waals surface area contributed by atoms with E-state index in [9.17, 15) is 9.59 Å². The maximum Gasteiger partial charge on any atom is 0.349 e. The minimum absolute atomic E-state index is 0.173. The maximum atomic E-state index is 12.1. The van der Waals surface area contributed by atoms with Gasteiger partial charge in [-0.1, -0.05) is 66.5 Å². The van der Waals surface area contributed by atoms with E-state index in [1.165, 1.54) is 12.1 Å². The number of ether oxygens (including phenoxy) is 1. The Morgan fingerprint density at radius 3 is 2.49 bits per heavy atom. The number of allylic oxidation sites excluding steroid dienone is 3. The second-order valence-electron chi connectivity index (χ2n) is 7.85. The Hall–Kier alpha value is -3.55. The molecule has 3 aromatic rings. The van der Waals surface area contributed by atoms with Crippen molar-refractivity contribution in [3.8, 4) is 11.4 Å². The fourth-order valence-electron chi connectivity index (χ4n) is 3.25. The molecule has 0 aliphatic heterocycles. The third-order valence-corrected chi connectivity index (χ3v) is 5.90. The molecule has 182 valence electrons. The molecule has 1 aromatic heterocycles. The minimum Gasteiger partial charge on any atom is -0.454 e. The number of hydrogen-bond acceptors (Lipinski definition) is 5. The molecule has 0 radical (unpaired) electrons. The van der Waals surface area contributed by atoms with Gasteiger partial charge in [-0.25, -0.2) is 4.79 Å². The number of nitrogens with zero attached hydrogens (tertiary/aromatic N) is 2. The van der Waals surface area contributed by atoms with Gasteiger partial charge in [0.25, 0.3) is 5.56 Å². The first-order chi connectivity index (χ1) is 16.6. The molecular formula is C26H26Cl2N4O3. The first-order valence-electron chi connectivity index (χ1n) is 10.9. The predicted octanol–water partition coefficient (Wildman–Crippen LogP) is 5.42. The van der Waals surface area contributed by atoms with E-state index < -0.39 is 11.2 Å².